The summed E-state index contributed by atoms with van der Waals surface area (Å²) in [5, 5.41) is 3.52. The minimum atomic E-state index is -4.12. The maximum absolute atomic E-state index is 14.0. The second-order valence-corrected chi connectivity index (χ2v) is 13.3. The summed E-state index contributed by atoms with van der Waals surface area (Å²) in [7, 11) is -4.12. The van der Waals surface area contributed by atoms with Gasteiger partial charge in [-0.3, -0.25) is 13.9 Å². The van der Waals surface area contributed by atoms with Crippen molar-refractivity contribution in [3.63, 3.8) is 0 Å². The summed E-state index contributed by atoms with van der Waals surface area (Å²) in [5.74, 6) is -0.755. The van der Waals surface area contributed by atoms with Crippen molar-refractivity contribution in [2.75, 3.05) is 10.8 Å². The van der Waals surface area contributed by atoms with Crippen LogP contribution in [0.1, 0.15) is 43.7 Å². The van der Waals surface area contributed by atoms with Crippen LogP contribution in [0, 0.1) is 6.92 Å². The standard InChI is InChI=1S/C30H33BrClN3O4S/c1-21-10-16-28(17-11-21)40(38,39)35(27-14-12-25(32)13-15-27)20-29(36)34(19-23-6-5-7-24(31)18-23)22(2)30(37)33-26-8-3-4-9-26/h5-7,10-18,22,26H,3-4,8-9,19-20H2,1-2H3,(H,33,37)/t22-/m0/s1. The Kier molecular flexibility index (Phi) is 9.92. The van der Waals surface area contributed by atoms with Crippen LogP contribution in [-0.2, 0) is 26.2 Å². The predicted octanol–water partition coefficient (Wildman–Crippen LogP) is 6.08. The first kappa shape index (κ1) is 30.1. The minimum absolute atomic E-state index is 0.0615. The highest BCUT2D eigenvalue weighted by Crippen LogP contribution is 2.27. The summed E-state index contributed by atoms with van der Waals surface area (Å²) in [6.07, 6.45) is 3.95. The number of nitrogens with one attached hydrogen (secondary N) is 1. The van der Waals surface area contributed by atoms with Crippen LogP contribution in [0.3, 0.4) is 0 Å². The monoisotopic (exact) mass is 645 g/mol. The van der Waals surface area contributed by atoms with Gasteiger partial charge in [0, 0.05) is 22.1 Å². The number of halogens is 2. The number of aryl methyl sites for hydroxylation is 1. The van der Waals surface area contributed by atoms with Gasteiger partial charge >= 0.3 is 0 Å². The summed E-state index contributed by atoms with van der Waals surface area (Å²) in [6, 6.07) is 19.5. The van der Waals surface area contributed by atoms with E-state index in [9.17, 15) is 18.0 Å². The molecular weight excluding hydrogens is 614 g/mol. The van der Waals surface area contributed by atoms with Crippen LogP contribution >= 0.6 is 27.5 Å². The van der Waals surface area contributed by atoms with Crippen molar-refractivity contribution < 1.29 is 18.0 Å². The van der Waals surface area contributed by atoms with Crippen molar-refractivity contribution in [1.82, 2.24) is 10.2 Å². The average molecular weight is 647 g/mol. The molecule has 1 saturated carbocycles. The van der Waals surface area contributed by atoms with Gasteiger partial charge in [-0.2, -0.15) is 0 Å². The van der Waals surface area contributed by atoms with E-state index in [1.807, 2.05) is 31.2 Å². The van der Waals surface area contributed by atoms with Gasteiger partial charge in [0.25, 0.3) is 10.0 Å². The van der Waals surface area contributed by atoms with E-state index in [-0.39, 0.29) is 23.4 Å². The molecule has 4 rings (SSSR count). The lowest BCUT2D eigenvalue weighted by Gasteiger charge is -2.32. The Hall–Kier alpha value is -2.88. The highest BCUT2D eigenvalue weighted by molar-refractivity contribution is 9.10. The fraction of sp³-hybridized carbons (Fsp3) is 0.333. The molecule has 0 aliphatic heterocycles. The third-order valence-corrected chi connectivity index (χ3v) is 9.65. The molecule has 40 heavy (non-hydrogen) atoms. The van der Waals surface area contributed by atoms with Gasteiger partial charge in [-0.05, 0) is 80.8 Å². The summed E-state index contributed by atoms with van der Waals surface area (Å²) in [4.78, 5) is 28.8. The summed E-state index contributed by atoms with van der Waals surface area (Å²) >= 11 is 9.55. The zero-order chi connectivity index (χ0) is 28.9. The number of hydrogen-bond acceptors (Lipinski definition) is 4. The Morgan fingerprint density at radius 2 is 1.68 bits per heavy atom. The van der Waals surface area contributed by atoms with Gasteiger partial charge in [-0.1, -0.05) is 70.2 Å². The van der Waals surface area contributed by atoms with Gasteiger partial charge in [0.1, 0.15) is 12.6 Å². The van der Waals surface area contributed by atoms with E-state index in [4.69, 9.17) is 11.6 Å². The summed E-state index contributed by atoms with van der Waals surface area (Å²) < 4.78 is 29.6. The van der Waals surface area contributed by atoms with Crippen LogP contribution in [-0.4, -0.2) is 43.8 Å². The molecule has 212 valence electrons. The van der Waals surface area contributed by atoms with Crippen molar-refractivity contribution in [3.05, 3.63) is 93.4 Å². The van der Waals surface area contributed by atoms with E-state index in [0.29, 0.717) is 10.7 Å². The number of rotatable bonds is 10. The fourth-order valence-electron chi connectivity index (χ4n) is 4.78. The molecule has 2 amide bonds. The quantitative estimate of drug-likeness (QED) is 0.289. The van der Waals surface area contributed by atoms with Crippen molar-refractivity contribution in [1.29, 1.82) is 0 Å². The van der Waals surface area contributed by atoms with E-state index in [1.54, 1.807) is 43.3 Å². The van der Waals surface area contributed by atoms with Crippen molar-refractivity contribution >= 4 is 55.1 Å². The average Bonchev–Trinajstić information content (AvgIpc) is 3.44. The Morgan fingerprint density at radius 3 is 2.30 bits per heavy atom. The molecule has 0 bridgehead atoms. The number of anilines is 1. The Morgan fingerprint density at radius 1 is 1.02 bits per heavy atom. The molecule has 3 aromatic carbocycles. The topological polar surface area (TPSA) is 86.8 Å². The maximum atomic E-state index is 14.0. The highest BCUT2D eigenvalue weighted by atomic mass is 79.9. The van der Waals surface area contributed by atoms with E-state index in [0.717, 1.165) is 45.6 Å². The third kappa shape index (κ3) is 7.44. The second kappa shape index (κ2) is 13.2. The third-order valence-electron chi connectivity index (χ3n) is 7.11. The zero-order valence-electron chi connectivity index (χ0n) is 22.5. The van der Waals surface area contributed by atoms with Gasteiger partial charge in [0.05, 0.1) is 10.6 Å². The molecule has 1 atom stereocenters. The molecule has 0 unspecified atom stereocenters. The highest BCUT2D eigenvalue weighted by Gasteiger charge is 2.33. The minimum Gasteiger partial charge on any atom is -0.352 e. The number of hydrogen-bond donors (Lipinski definition) is 1. The smallest absolute Gasteiger partial charge is 0.264 e. The molecule has 0 radical (unpaired) electrons. The molecule has 1 aliphatic carbocycles. The van der Waals surface area contributed by atoms with E-state index in [1.165, 1.54) is 17.0 Å². The molecule has 0 aromatic heterocycles. The van der Waals surface area contributed by atoms with Crippen LogP contribution in [0.4, 0.5) is 5.69 Å². The fourth-order valence-corrected chi connectivity index (χ4v) is 6.77. The molecule has 1 fully saturated rings. The normalized spacial score (nSPS) is 14.5. The number of benzene rings is 3. The van der Waals surface area contributed by atoms with Crippen LogP contribution in [0.15, 0.2) is 82.2 Å². The Bertz CT molecular complexity index is 1440. The number of carbonyl (C=O) groups is 2. The molecule has 0 heterocycles. The molecule has 0 saturated heterocycles. The van der Waals surface area contributed by atoms with Crippen LogP contribution in [0.2, 0.25) is 5.02 Å². The molecule has 10 heteroatoms. The van der Waals surface area contributed by atoms with Crippen molar-refractivity contribution in [2.45, 2.75) is 63.1 Å². The Balaban J connectivity index is 1.68. The van der Waals surface area contributed by atoms with E-state index < -0.39 is 28.5 Å². The lowest BCUT2D eigenvalue weighted by atomic mass is 10.1. The van der Waals surface area contributed by atoms with Crippen molar-refractivity contribution in [3.8, 4) is 0 Å². The van der Waals surface area contributed by atoms with Gasteiger partial charge in [0.15, 0.2) is 0 Å². The number of amides is 2. The molecule has 1 N–H and O–H groups in total. The van der Waals surface area contributed by atoms with Gasteiger partial charge < -0.3 is 10.2 Å². The molecule has 3 aromatic rings. The van der Waals surface area contributed by atoms with E-state index >= 15 is 0 Å². The van der Waals surface area contributed by atoms with Crippen LogP contribution < -0.4 is 9.62 Å². The first-order valence-electron chi connectivity index (χ1n) is 13.2. The van der Waals surface area contributed by atoms with Crippen molar-refractivity contribution in [2.24, 2.45) is 0 Å². The number of nitrogens with zero attached hydrogens (tertiary/aromatic N) is 2. The zero-order valence-corrected chi connectivity index (χ0v) is 25.7. The largest absolute Gasteiger partial charge is 0.352 e. The molecule has 0 spiro atoms. The van der Waals surface area contributed by atoms with Gasteiger partial charge in [0.2, 0.25) is 11.8 Å². The maximum Gasteiger partial charge on any atom is 0.264 e. The predicted molar refractivity (Wildman–Crippen MR) is 162 cm³/mol. The molecule has 7 nitrogen and oxygen atoms in total. The van der Waals surface area contributed by atoms with Crippen LogP contribution in [0.5, 0.6) is 0 Å². The summed E-state index contributed by atoms with van der Waals surface area (Å²) in [6.45, 7) is 3.19. The number of carbonyl (C=O) groups excluding carboxylic acids is 2. The number of sulfonamides is 1. The SMILES string of the molecule is Cc1ccc(S(=O)(=O)N(CC(=O)N(Cc2cccc(Br)c2)[C@@H](C)C(=O)NC2CCCC2)c2ccc(Cl)cc2)cc1. The van der Waals surface area contributed by atoms with Gasteiger partial charge in [-0.15, -0.1) is 0 Å². The van der Waals surface area contributed by atoms with Gasteiger partial charge in [-0.25, -0.2) is 8.42 Å². The molecular formula is C30H33BrClN3O4S. The second-order valence-electron chi connectivity index (χ2n) is 10.1. The lowest BCUT2D eigenvalue weighted by Crippen LogP contribution is -2.52. The lowest BCUT2D eigenvalue weighted by molar-refractivity contribution is -0.139. The first-order valence-corrected chi connectivity index (χ1v) is 15.8. The van der Waals surface area contributed by atoms with Crippen LogP contribution in [0.25, 0.3) is 0 Å². The Labute approximate surface area is 249 Å². The first-order chi connectivity index (χ1) is 19.0. The molecule has 1 aliphatic rings. The summed E-state index contributed by atoms with van der Waals surface area (Å²) in [5.41, 5.74) is 2.02. The van der Waals surface area contributed by atoms with E-state index in [2.05, 4.69) is 21.2 Å².